The SMILES string of the molecule is Fc1ccc(F)c(SCc2ccc(I)cc2)c1. The molecule has 0 aliphatic carbocycles. The molecule has 0 aliphatic rings. The van der Waals surface area contributed by atoms with E-state index in [1.54, 1.807) is 0 Å². The molecular formula is C13H9F2IS. The van der Waals surface area contributed by atoms with Gasteiger partial charge in [-0.05, 0) is 58.5 Å². The maximum absolute atomic E-state index is 13.3. The molecule has 2 aromatic rings. The standard InChI is InChI=1S/C13H9F2IS/c14-10-3-6-12(15)13(7-10)17-8-9-1-4-11(16)5-2-9/h1-7H,8H2. The molecule has 0 nitrogen and oxygen atoms in total. The molecular weight excluding hydrogens is 353 g/mol. The van der Waals surface area contributed by atoms with Crippen LogP contribution in [-0.4, -0.2) is 0 Å². The summed E-state index contributed by atoms with van der Waals surface area (Å²) in [6.45, 7) is 0. The Morgan fingerprint density at radius 2 is 1.71 bits per heavy atom. The summed E-state index contributed by atoms with van der Waals surface area (Å²) in [7, 11) is 0. The van der Waals surface area contributed by atoms with Gasteiger partial charge in [0.25, 0.3) is 0 Å². The van der Waals surface area contributed by atoms with E-state index in [0.717, 1.165) is 21.3 Å². The first kappa shape index (κ1) is 12.8. The van der Waals surface area contributed by atoms with Crippen molar-refractivity contribution in [1.82, 2.24) is 0 Å². The molecule has 0 spiro atoms. The van der Waals surface area contributed by atoms with Crippen LogP contribution in [0.25, 0.3) is 0 Å². The molecule has 0 amide bonds. The van der Waals surface area contributed by atoms with Crippen LogP contribution >= 0.6 is 34.4 Å². The van der Waals surface area contributed by atoms with Crippen LogP contribution in [0.15, 0.2) is 47.4 Å². The van der Waals surface area contributed by atoms with Crippen LogP contribution in [0.5, 0.6) is 0 Å². The van der Waals surface area contributed by atoms with E-state index in [1.807, 2.05) is 24.3 Å². The zero-order chi connectivity index (χ0) is 12.3. The molecule has 4 heteroatoms. The van der Waals surface area contributed by atoms with E-state index in [-0.39, 0.29) is 5.82 Å². The summed E-state index contributed by atoms with van der Waals surface area (Å²) in [4.78, 5) is 0.351. The van der Waals surface area contributed by atoms with Gasteiger partial charge in [-0.25, -0.2) is 8.78 Å². The Kier molecular flexibility index (Phi) is 4.39. The van der Waals surface area contributed by atoms with Crippen molar-refractivity contribution in [3.63, 3.8) is 0 Å². The third kappa shape index (κ3) is 3.67. The Bertz CT molecular complexity index is 511. The van der Waals surface area contributed by atoms with Crippen molar-refractivity contribution in [2.24, 2.45) is 0 Å². The zero-order valence-electron chi connectivity index (χ0n) is 8.79. The molecule has 88 valence electrons. The second kappa shape index (κ2) is 5.82. The maximum Gasteiger partial charge on any atom is 0.136 e. The number of rotatable bonds is 3. The van der Waals surface area contributed by atoms with Gasteiger partial charge in [0.05, 0.1) is 0 Å². The van der Waals surface area contributed by atoms with Crippen molar-refractivity contribution in [2.45, 2.75) is 10.6 Å². The van der Waals surface area contributed by atoms with E-state index in [0.29, 0.717) is 10.6 Å². The minimum absolute atomic E-state index is 0.351. The van der Waals surface area contributed by atoms with E-state index in [9.17, 15) is 8.78 Å². The van der Waals surface area contributed by atoms with Gasteiger partial charge in [-0.3, -0.25) is 0 Å². The fraction of sp³-hybridized carbons (Fsp3) is 0.0769. The van der Waals surface area contributed by atoms with Crippen LogP contribution in [0.2, 0.25) is 0 Å². The molecule has 0 atom stereocenters. The highest BCUT2D eigenvalue weighted by Crippen LogP contribution is 2.26. The van der Waals surface area contributed by atoms with Crippen molar-refractivity contribution in [1.29, 1.82) is 0 Å². The van der Waals surface area contributed by atoms with E-state index in [2.05, 4.69) is 22.6 Å². The molecule has 0 radical (unpaired) electrons. The van der Waals surface area contributed by atoms with Crippen molar-refractivity contribution in [3.8, 4) is 0 Å². The Morgan fingerprint density at radius 3 is 2.41 bits per heavy atom. The van der Waals surface area contributed by atoms with Crippen molar-refractivity contribution in [3.05, 3.63) is 63.2 Å². The van der Waals surface area contributed by atoms with Crippen LogP contribution in [-0.2, 0) is 5.75 Å². The maximum atomic E-state index is 13.3. The second-order valence-corrected chi connectivity index (χ2v) is 5.75. The smallest absolute Gasteiger partial charge is 0.136 e. The van der Waals surface area contributed by atoms with Crippen LogP contribution in [0.1, 0.15) is 5.56 Å². The normalized spacial score (nSPS) is 10.5. The monoisotopic (exact) mass is 362 g/mol. The molecule has 17 heavy (non-hydrogen) atoms. The Labute approximate surface area is 117 Å². The van der Waals surface area contributed by atoms with Gasteiger partial charge in [-0.15, -0.1) is 11.8 Å². The van der Waals surface area contributed by atoms with Gasteiger partial charge in [-0.1, -0.05) is 12.1 Å². The van der Waals surface area contributed by atoms with Gasteiger partial charge in [0.2, 0.25) is 0 Å². The quantitative estimate of drug-likeness (QED) is 0.555. The summed E-state index contributed by atoms with van der Waals surface area (Å²) in [5, 5.41) is 0. The van der Waals surface area contributed by atoms with Gasteiger partial charge in [-0.2, -0.15) is 0 Å². The minimum Gasteiger partial charge on any atom is -0.207 e. The lowest BCUT2D eigenvalue weighted by Gasteiger charge is -2.04. The summed E-state index contributed by atoms with van der Waals surface area (Å²) in [6, 6.07) is 11.5. The van der Waals surface area contributed by atoms with E-state index < -0.39 is 5.82 Å². The summed E-state index contributed by atoms with van der Waals surface area (Å²) in [5.74, 6) is -0.143. The second-order valence-electron chi connectivity index (χ2n) is 3.49. The number of hydrogen-bond acceptors (Lipinski definition) is 1. The van der Waals surface area contributed by atoms with Gasteiger partial charge >= 0.3 is 0 Å². The first-order chi connectivity index (χ1) is 8.15. The van der Waals surface area contributed by atoms with Crippen LogP contribution < -0.4 is 0 Å². The minimum atomic E-state index is -0.406. The molecule has 0 bridgehead atoms. The highest BCUT2D eigenvalue weighted by molar-refractivity contribution is 14.1. The van der Waals surface area contributed by atoms with Crippen molar-refractivity contribution < 1.29 is 8.78 Å². The Morgan fingerprint density at radius 1 is 1.00 bits per heavy atom. The van der Waals surface area contributed by atoms with Gasteiger partial charge in [0, 0.05) is 14.2 Å². The lowest BCUT2D eigenvalue weighted by atomic mass is 10.2. The van der Waals surface area contributed by atoms with Crippen molar-refractivity contribution >= 4 is 34.4 Å². The third-order valence-corrected chi connectivity index (χ3v) is 4.02. The predicted octanol–water partition coefficient (Wildman–Crippen LogP) is 4.86. The Hall–Kier alpha value is -0.620. The molecule has 0 fully saturated rings. The Balaban J connectivity index is 2.07. The predicted molar refractivity (Wildman–Crippen MR) is 75.1 cm³/mol. The van der Waals surface area contributed by atoms with Crippen molar-refractivity contribution in [2.75, 3.05) is 0 Å². The molecule has 0 N–H and O–H groups in total. The third-order valence-electron chi connectivity index (χ3n) is 2.20. The van der Waals surface area contributed by atoms with Gasteiger partial charge in [0.1, 0.15) is 11.6 Å². The molecule has 0 saturated heterocycles. The topological polar surface area (TPSA) is 0 Å². The molecule has 0 aromatic heterocycles. The number of hydrogen-bond donors (Lipinski definition) is 0. The van der Waals surface area contributed by atoms with E-state index >= 15 is 0 Å². The molecule has 0 unspecified atom stereocenters. The lowest BCUT2D eigenvalue weighted by molar-refractivity contribution is 0.577. The fourth-order valence-electron chi connectivity index (χ4n) is 1.33. The summed E-state index contributed by atoms with van der Waals surface area (Å²) < 4.78 is 27.5. The molecule has 2 rings (SSSR count). The summed E-state index contributed by atoms with van der Waals surface area (Å²) in [5.41, 5.74) is 1.10. The average Bonchev–Trinajstić information content (AvgIpc) is 2.32. The zero-order valence-corrected chi connectivity index (χ0v) is 11.8. The number of thioether (sulfide) groups is 1. The molecule has 0 aliphatic heterocycles. The molecule has 0 heterocycles. The number of benzene rings is 2. The van der Waals surface area contributed by atoms with Gasteiger partial charge < -0.3 is 0 Å². The summed E-state index contributed by atoms with van der Waals surface area (Å²) >= 11 is 3.53. The van der Waals surface area contributed by atoms with Crippen LogP contribution in [0.3, 0.4) is 0 Å². The van der Waals surface area contributed by atoms with E-state index in [1.165, 1.54) is 17.8 Å². The van der Waals surface area contributed by atoms with Crippen LogP contribution in [0.4, 0.5) is 8.78 Å². The van der Waals surface area contributed by atoms with Gasteiger partial charge in [0.15, 0.2) is 0 Å². The van der Waals surface area contributed by atoms with Crippen LogP contribution in [0, 0.1) is 15.2 Å². The number of halogens is 3. The first-order valence-electron chi connectivity index (χ1n) is 4.97. The van der Waals surface area contributed by atoms with E-state index in [4.69, 9.17) is 0 Å². The highest BCUT2D eigenvalue weighted by Gasteiger charge is 2.04. The first-order valence-corrected chi connectivity index (χ1v) is 7.04. The molecule has 2 aromatic carbocycles. The largest absolute Gasteiger partial charge is 0.207 e. The molecule has 0 saturated carbocycles. The summed E-state index contributed by atoms with van der Waals surface area (Å²) in [6.07, 6.45) is 0. The average molecular weight is 362 g/mol. The highest BCUT2D eigenvalue weighted by atomic mass is 127. The lowest BCUT2D eigenvalue weighted by Crippen LogP contribution is -1.86. The fourth-order valence-corrected chi connectivity index (χ4v) is 2.61.